The van der Waals surface area contributed by atoms with Crippen molar-refractivity contribution in [3.8, 4) is 0 Å². The lowest BCUT2D eigenvalue weighted by atomic mass is 10.2. The summed E-state index contributed by atoms with van der Waals surface area (Å²) in [5.41, 5.74) is 6.40. The summed E-state index contributed by atoms with van der Waals surface area (Å²) in [4.78, 5) is 12.9. The van der Waals surface area contributed by atoms with E-state index in [0.29, 0.717) is 21.2 Å². The van der Waals surface area contributed by atoms with Gasteiger partial charge in [0, 0.05) is 21.4 Å². The second-order valence-electron chi connectivity index (χ2n) is 5.33. The first kappa shape index (κ1) is 14.7. The van der Waals surface area contributed by atoms with E-state index in [1.54, 1.807) is 6.07 Å². The number of thiophene rings is 1. The third-order valence-electron chi connectivity index (χ3n) is 3.95. The van der Waals surface area contributed by atoms with E-state index in [1.807, 2.05) is 11.8 Å². The second kappa shape index (κ2) is 5.85. The molecule has 6 heteroatoms. The van der Waals surface area contributed by atoms with Gasteiger partial charge in [-0.2, -0.15) is 11.8 Å². The van der Waals surface area contributed by atoms with Gasteiger partial charge in [0.15, 0.2) is 0 Å². The van der Waals surface area contributed by atoms with Crippen LogP contribution < -0.4 is 11.1 Å². The molecule has 2 unspecified atom stereocenters. The lowest BCUT2D eigenvalue weighted by molar-refractivity contribution is 0.0943. The third-order valence-corrected chi connectivity index (χ3v) is 6.23. The molecule has 2 atom stereocenters. The Hall–Kier alpha value is -1.27. The molecular weight excluding hydrogens is 307 g/mol. The van der Waals surface area contributed by atoms with Crippen molar-refractivity contribution in [1.29, 1.82) is 0 Å². The normalized spacial score (nSPS) is 21.8. The molecule has 1 aliphatic carbocycles. The maximum atomic E-state index is 13.3. The molecule has 1 fully saturated rings. The predicted molar refractivity (Wildman–Crippen MR) is 88.6 cm³/mol. The first-order chi connectivity index (χ1) is 10.1. The summed E-state index contributed by atoms with van der Waals surface area (Å²) in [6.07, 6.45) is 5.26. The van der Waals surface area contributed by atoms with Crippen LogP contribution in [0.3, 0.4) is 0 Å². The highest BCUT2D eigenvalue weighted by atomic mass is 32.2. The van der Waals surface area contributed by atoms with E-state index in [1.165, 1.54) is 23.5 Å². The van der Waals surface area contributed by atoms with Crippen LogP contribution in [0.25, 0.3) is 10.1 Å². The molecule has 1 aromatic heterocycles. The van der Waals surface area contributed by atoms with Crippen molar-refractivity contribution in [3.05, 3.63) is 28.9 Å². The molecule has 3 N–H and O–H groups in total. The molecule has 3 nitrogen and oxygen atoms in total. The number of nitrogens with one attached hydrogen (secondary N) is 1. The van der Waals surface area contributed by atoms with E-state index < -0.39 is 0 Å². The van der Waals surface area contributed by atoms with Crippen molar-refractivity contribution in [3.63, 3.8) is 0 Å². The fraction of sp³-hybridized carbons (Fsp3) is 0.400. The average molecular weight is 324 g/mol. The van der Waals surface area contributed by atoms with Gasteiger partial charge in [-0.05, 0) is 43.7 Å². The summed E-state index contributed by atoms with van der Waals surface area (Å²) < 4.78 is 14.1. The largest absolute Gasteiger partial charge is 0.397 e. The molecule has 2 aromatic rings. The number of thioether (sulfide) groups is 1. The van der Waals surface area contributed by atoms with E-state index in [9.17, 15) is 9.18 Å². The highest BCUT2D eigenvalue weighted by molar-refractivity contribution is 7.99. The van der Waals surface area contributed by atoms with Crippen LogP contribution in [0.1, 0.15) is 28.9 Å². The summed E-state index contributed by atoms with van der Waals surface area (Å²) >= 11 is 3.17. The lowest BCUT2D eigenvalue weighted by Crippen LogP contribution is -2.32. The van der Waals surface area contributed by atoms with E-state index >= 15 is 0 Å². The van der Waals surface area contributed by atoms with Gasteiger partial charge in [-0.1, -0.05) is 0 Å². The van der Waals surface area contributed by atoms with Gasteiger partial charge in [0.25, 0.3) is 5.91 Å². The van der Waals surface area contributed by atoms with Crippen LogP contribution in [0.15, 0.2) is 18.2 Å². The number of fused-ring (bicyclic) bond motifs is 1. The number of anilines is 1. The van der Waals surface area contributed by atoms with E-state index in [0.717, 1.165) is 24.0 Å². The van der Waals surface area contributed by atoms with Crippen LogP contribution in [0.2, 0.25) is 0 Å². The molecule has 1 amide bonds. The van der Waals surface area contributed by atoms with Gasteiger partial charge in [0.1, 0.15) is 10.7 Å². The molecule has 1 aromatic carbocycles. The standard InChI is InChI=1S/C15H17FN2OS2/c1-20-10-4-3-9(7-10)18-15(19)14-13(17)11-6-8(16)2-5-12(11)21-14/h2,5-6,9-10H,3-4,7,17H2,1H3,(H,18,19). The number of hydrogen-bond donors (Lipinski definition) is 2. The van der Waals surface area contributed by atoms with Crippen molar-refractivity contribution in [1.82, 2.24) is 5.32 Å². The van der Waals surface area contributed by atoms with Gasteiger partial charge in [-0.25, -0.2) is 4.39 Å². The number of nitrogen functional groups attached to an aromatic ring is 1. The minimum Gasteiger partial charge on any atom is -0.397 e. The Morgan fingerprint density at radius 2 is 2.29 bits per heavy atom. The highest BCUT2D eigenvalue weighted by Crippen LogP contribution is 2.35. The molecule has 1 heterocycles. The Morgan fingerprint density at radius 1 is 1.48 bits per heavy atom. The summed E-state index contributed by atoms with van der Waals surface area (Å²) in [5, 5.41) is 4.31. The quantitative estimate of drug-likeness (QED) is 0.906. The van der Waals surface area contributed by atoms with Gasteiger partial charge < -0.3 is 11.1 Å². The molecule has 3 rings (SSSR count). The fourth-order valence-corrected chi connectivity index (χ4v) is 4.60. The number of amides is 1. The van der Waals surface area contributed by atoms with Crippen molar-refractivity contribution in [2.45, 2.75) is 30.6 Å². The first-order valence-corrected chi connectivity index (χ1v) is 9.00. The second-order valence-corrected chi connectivity index (χ2v) is 7.52. The minimum absolute atomic E-state index is 0.138. The van der Waals surface area contributed by atoms with Gasteiger partial charge in [-0.15, -0.1) is 11.3 Å². The van der Waals surface area contributed by atoms with E-state index in [-0.39, 0.29) is 17.8 Å². The molecule has 0 aliphatic heterocycles. The molecule has 0 saturated heterocycles. The molecule has 0 spiro atoms. The number of nitrogens with two attached hydrogens (primary N) is 1. The van der Waals surface area contributed by atoms with Crippen molar-refractivity contribution >= 4 is 44.8 Å². The van der Waals surface area contributed by atoms with Gasteiger partial charge >= 0.3 is 0 Å². The summed E-state index contributed by atoms with van der Waals surface area (Å²) in [5.74, 6) is -0.474. The van der Waals surface area contributed by atoms with E-state index in [4.69, 9.17) is 5.73 Å². The van der Waals surface area contributed by atoms with E-state index in [2.05, 4.69) is 11.6 Å². The van der Waals surface area contributed by atoms with Gasteiger partial charge in [-0.3, -0.25) is 4.79 Å². The number of rotatable bonds is 3. The fourth-order valence-electron chi connectivity index (χ4n) is 2.79. The van der Waals surface area contributed by atoms with Crippen LogP contribution in [0, 0.1) is 5.82 Å². The van der Waals surface area contributed by atoms with Crippen LogP contribution in [-0.2, 0) is 0 Å². The van der Waals surface area contributed by atoms with Crippen LogP contribution in [-0.4, -0.2) is 23.5 Å². The number of carbonyl (C=O) groups is 1. The van der Waals surface area contributed by atoms with Crippen LogP contribution in [0.5, 0.6) is 0 Å². The lowest BCUT2D eigenvalue weighted by Gasteiger charge is -2.12. The Balaban J connectivity index is 1.80. The topological polar surface area (TPSA) is 55.1 Å². The molecule has 0 radical (unpaired) electrons. The number of hydrogen-bond acceptors (Lipinski definition) is 4. The van der Waals surface area contributed by atoms with Crippen molar-refractivity contribution in [2.24, 2.45) is 0 Å². The maximum Gasteiger partial charge on any atom is 0.263 e. The molecule has 1 aliphatic rings. The molecular formula is C15H17FN2OS2. The maximum absolute atomic E-state index is 13.3. The molecule has 1 saturated carbocycles. The molecule has 112 valence electrons. The van der Waals surface area contributed by atoms with Gasteiger partial charge in [0.05, 0.1) is 5.69 Å². The molecule has 0 bridgehead atoms. The predicted octanol–water partition coefficient (Wildman–Crippen LogP) is 3.64. The van der Waals surface area contributed by atoms with Gasteiger partial charge in [0.2, 0.25) is 0 Å². The Labute approximate surface area is 131 Å². The van der Waals surface area contributed by atoms with Crippen LogP contribution >= 0.6 is 23.1 Å². The third kappa shape index (κ3) is 2.87. The molecule has 21 heavy (non-hydrogen) atoms. The SMILES string of the molecule is CSC1CCC(NC(=O)c2sc3ccc(F)cc3c2N)C1. The smallest absolute Gasteiger partial charge is 0.263 e. The average Bonchev–Trinajstić information content (AvgIpc) is 3.04. The Morgan fingerprint density at radius 3 is 3.00 bits per heavy atom. The summed E-state index contributed by atoms with van der Waals surface area (Å²) in [7, 11) is 0. The highest BCUT2D eigenvalue weighted by Gasteiger charge is 2.26. The number of halogens is 1. The first-order valence-electron chi connectivity index (χ1n) is 6.89. The minimum atomic E-state index is -0.336. The Bertz CT molecular complexity index is 686. The zero-order valence-electron chi connectivity index (χ0n) is 11.7. The Kier molecular flexibility index (Phi) is 4.08. The summed E-state index contributed by atoms with van der Waals surface area (Å²) in [6.45, 7) is 0. The number of benzene rings is 1. The van der Waals surface area contributed by atoms with Crippen LogP contribution in [0.4, 0.5) is 10.1 Å². The monoisotopic (exact) mass is 324 g/mol. The number of carbonyl (C=O) groups excluding carboxylic acids is 1. The zero-order valence-corrected chi connectivity index (χ0v) is 13.3. The zero-order chi connectivity index (χ0) is 15.0. The van der Waals surface area contributed by atoms with Crippen molar-refractivity contribution in [2.75, 3.05) is 12.0 Å². The summed E-state index contributed by atoms with van der Waals surface area (Å²) in [6, 6.07) is 4.66. The van der Waals surface area contributed by atoms with Crippen molar-refractivity contribution < 1.29 is 9.18 Å².